The highest BCUT2D eigenvalue weighted by Crippen LogP contribution is 2.24. The highest BCUT2D eigenvalue weighted by molar-refractivity contribution is 7.16. The minimum Gasteiger partial charge on any atom is -0.479 e. The lowest BCUT2D eigenvalue weighted by Crippen LogP contribution is -2.29. The molecule has 1 aromatic heterocycles. The largest absolute Gasteiger partial charge is 0.479 e. The van der Waals surface area contributed by atoms with E-state index in [9.17, 15) is 9.59 Å². The maximum absolute atomic E-state index is 12.0. The molecule has 0 spiro atoms. The SMILES string of the molecule is O=C(O)C1CCC(C(=O)Nc2ccc3ncsc3c2)O1. The van der Waals surface area contributed by atoms with Crippen molar-refractivity contribution in [2.24, 2.45) is 0 Å². The van der Waals surface area contributed by atoms with Gasteiger partial charge >= 0.3 is 5.97 Å². The zero-order chi connectivity index (χ0) is 14.1. The molecule has 2 atom stereocenters. The van der Waals surface area contributed by atoms with Crippen LogP contribution in [0.15, 0.2) is 23.7 Å². The van der Waals surface area contributed by atoms with Gasteiger partial charge in [0.1, 0.15) is 6.10 Å². The smallest absolute Gasteiger partial charge is 0.332 e. The average Bonchev–Trinajstić information content (AvgIpc) is 3.07. The number of anilines is 1. The number of nitrogens with zero attached hydrogens (tertiary/aromatic N) is 1. The van der Waals surface area contributed by atoms with Gasteiger partial charge in [-0.25, -0.2) is 9.78 Å². The molecule has 7 heteroatoms. The van der Waals surface area contributed by atoms with Crippen molar-refractivity contribution in [2.75, 3.05) is 5.32 Å². The van der Waals surface area contributed by atoms with Crippen molar-refractivity contribution < 1.29 is 19.4 Å². The monoisotopic (exact) mass is 292 g/mol. The Kier molecular flexibility index (Phi) is 3.37. The van der Waals surface area contributed by atoms with Crippen molar-refractivity contribution in [3.63, 3.8) is 0 Å². The molecule has 2 N–H and O–H groups in total. The summed E-state index contributed by atoms with van der Waals surface area (Å²) in [6, 6.07) is 5.44. The van der Waals surface area contributed by atoms with Crippen LogP contribution in [0.4, 0.5) is 5.69 Å². The number of thiazole rings is 1. The Bertz CT molecular complexity index is 669. The molecule has 2 heterocycles. The first kappa shape index (κ1) is 13.0. The lowest BCUT2D eigenvalue weighted by Gasteiger charge is -2.11. The quantitative estimate of drug-likeness (QED) is 0.901. The van der Waals surface area contributed by atoms with Gasteiger partial charge in [-0.3, -0.25) is 4.79 Å². The highest BCUT2D eigenvalue weighted by atomic mass is 32.1. The van der Waals surface area contributed by atoms with E-state index in [0.717, 1.165) is 10.2 Å². The summed E-state index contributed by atoms with van der Waals surface area (Å²) in [5.74, 6) is -1.33. The zero-order valence-corrected chi connectivity index (χ0v) is 11.2. The molecule has 1 amide bonds. The van der Waals surface area contributed by atoms with Gasteiger partial charge in [0.15, 0.2) is 6.10 Å². The fraction of sp³-hybridized carbons (Fsp3) is 0.308. The van der Waals surface area contributed by atoms with Gasteiger partial charge in [0, 0.05) is 5.69 Å². The molecular formula is C13H12N2O4S. The Morgan fingerprint density at radius 1 is 1.35 bits per heavy atom. The molecule has 0 saturated carbocycles. The Morgan fingerprint density at radius 2 is 2.15 bits per heavy atom. The molecule has 1 aliphatic heterocycles. The van der Waals surface area contributed by atoms with E-state index in [1.807, 2.05) is 12.1 Å². The first-order chi connectivity index (χ1) is 9.63. The number of fused-ring (bicyclic) bond motifs is 1. The van der Waals surface area contributed by atoms with Crippen LogP contribution < -0.4 is 5.32 Å². The van der Waals surface area contributed by atoms with Crippen molar-refractivity contribution in [1.29, 1.82) is 0 Å². The van der Waals surface area contributed by atoms with E-state index in [1.165, 1.54) is 11.3 Å². The number of ether oxygens (including phenoxy) is 1. The lowest BCUT2D eigenvalue weighted by molar-refractivity contribution is -0.150. The highest BCUT2D eigenvalue weighted by Gasteiger charge is 2.34. The fourth-order valence-electron chi connectivity index (χ4n) is 2.17. The predicted octanol–water partition coefficient (Wildman–Crippen LogP) is 1.87. The maximum Gasteiger partial charge on any atom is 0.332 e. The number of nitrogens with one attached hydrogen (secondary N) is 1. The van der Waals surface area contributed by atoms with Gasteiger partial charge in [-0.2, -0.15) is 0 Å². The first-order valence-electron chi connectivity index (χ1n) is 6.16. The van der Waals surface area contributed by atoms with Crippen molar-refractivity contribution >= 4 is 39.1 Å². The number of carbonyl (C=O) groups excluding carboxylic acids is 1. The third-order valence-corrected chi connectivity index (χ3v) is 3.98. The van der Waals surface area contributed by atoms with Crippen LogP contribution in [-0.4, -0.2) is 34.2 Å². The van der Waals surface area contributed by atoms with E-state index in [4.69, 9.17) is 9.84 Å². The summed E-state index contributed by atoms with van der Waals surface area (Å²) in [6.45, 7) is 0. The Morgan fingerprint density at radius 3 is 2.90 bits per heavy atom. The molecule has 1 aliphatic rings. The Balaban J connectivity index is 1.68. The molecule has 6 nitrogen and oxygen atoms in total. The molecule has 2 aromatic rings. The van der Waals surface area contributed by atoms with Crippen LogP contribution in [0.25, 0.3) is 10.2 Å². The van der Waals surface area contributed by atoms with E-state index in [1.54, 1.807) is 11.6 Å². The summed E-state index contributed by atoms with van der Waals surface area (Å²) in [5.41, 5.74) is 3.29. The number of hydrogen-bond donors (Lipinski definition) is 2. The number of hydrogen-bond acceptors (Lipinski definition) is 5. The maximum atomic E-state index is 12.0. The summed E-state index contributed by atoms with van der Waals surface area (Å²) in [4.78, 5) is 27.0. The summed E-state index contributed by atoms with van der Waals surface area (Å²) in [7, 11) is 0. The zero-order valence-electron chi connectivity index (χ0n) is 10.4. The van der Waals surface area contributed by atoms with Crippen LogP contribution in [-0.2, 0) is 14.3 Å². The normalized spacial score (nSPS) is 22.0. The number of aliphatic carboxylic acids is 1. The third kappa shape index (κ3) is 2.50. The topological polar surface area (TPSA) is 88.5 Å². The minimum absolute atomic E-state index is 0.308. The van der Waals surface area contributed by atoms with Crippen LogP contribution >= 0.6 is 11.3 Å². The van der Waals surface area contributed by atoms with Gasteiger partial charge in [0.2, 0.25) is 0 Å². The fourth-order valence-corrected chi connectivity index (χ4v) is 2.88. The molecule has 1 fully saturated rings. The summed E-state index contributed by atoms with van der Waals surface area (Å²) in [5, 5.41) is 11.6. The third-order valence-electron chi connectivity index (χ3n) is 3.19. The number of carbonyl (C=O) groups is 2. The molecular weight excluding hydrogens is 280 g/mol. The predicted molar refractivity (Wildman–Crippen MR) is 73.8 cm³/mol. The van der Waals surface area contributed by atoms with Gasteiger partial charge in [0.05, 0.1) is 15.7 Å². The Labute approximate surface area is 118 Å². The van der Waals surface area contributed by atoms with Crippen LogP contribution in [0, 0.1) is 0 Å². The van der Waals surface area contributed by atoms with Gasteiger partial charge in [0.25, 0.3) is 5.91 Å². The van der Waals surface area contributed by atoms with Gasteiger partial charge in [-0.1, -0.05) is 0 Å². The second-order valence-corrected chi connectivity index (χ2v) is 5.44. The standard InChI is InChI=1S/C13H12N2O4S/c16-12(9-3-4-10(19-9)13(17)18)15-7-1-2-8-11(5-7)20-6-14-8/h1-2,5-6,9-10H,3-4H2,(H,15,16)(H,17,18). The molecule has 20 heavy (non-hydrogen) atoms. The van der Waals surface area contributed by atoms with Crippen molar-refractivity contribution in [3.05, 3.63) is 23.7 Å². The van der Waals surface area contributed by atoms with Crippen molar-refractivity contribution in [1.82, 2.24) is 4.98 Å². The number of rotatable bonds is 3. The van der Waals surface area contributed by atoms with Crippen molar-refractivity contribution in [3.8, 4) is 0 Å². The average molecular weight is 292 g/mol. The van der Waals surface area contributed by atoms with Gasteiger partial charge in [-0.15, -0.1) is 11.3 Å². The van der Waals surface area contributed by atoms with E-state index in [-0.39, 0.29) is 5.91 Å². The summed E-state index contributed by atoms with van der Waals surface area (Å²) >= 11 is 1.49. The summed E-state index contributed by atoms with van der Waals surface area (Å²) < 4.78 is 6.19. The van der Waals surface area contributed by atoms with E-state index in [2.05, 4.69) is 10.3 Å². The number of aromatic nitrogens is 1. The van der Waals surface area contributed by atoms with Gasteiger partial charge in [-0.05, 0) is 31.0 Å². The molecule has 104 valence electrons. The van der Waals surface area contributed by atoms with E-state index >= 15 is 0 Å². The number of carboxylic acid groups (broad SMARTS) is 1. The second kappa shape index (κ2) is 5.18. The first-order valence-corrected chi connectivity index (χ1v) is 7.04. The van der Waals surface area contributed by atoms with Crippen molar-refractivity contribution in [2.45, 2.75) is 25.0 Å². The van der Waals surface area contributed by atoms with Crippen LogP contribution in [0.3, 0.4) is 0 Å². The minimum atomic E-state index is -1.02. The molecule has 3 rings (SSSR count). The molecule has 0 aliphatic carbocycles. The molecule has 1 saturated heterocycles. The van der Waals surface area contributed by atoms with Crippen LogP contribution in [0.5, 0.6) is 0 Å². The van der Waals surface area contributed by atoms with Crippen LogP contribution in [0.2, 0.25) is 0 Å². The molecule has 2 unspecified atom stereocenters. The summed E-state index contributed by atoms with van der Waals surface area (Å²) in [6.07, 6.45) is -0.796. The number of carboxylic acids is 1. The van der Waals surface area contributed by atoms with E-state index in [0.29, 0.717) is 18.5 Å². The lowest BCUT2D eigenvalue weighted by atomic mass is 10.2. The number of amides is 1. The van der Waals surface area contributed by atoms with E-state index < -0.39 is 18.2 Å². The van der Waals surface area contributed by atoms with Gasteiger partial charge < -0.3 is 15.2 Å². The molecule has 0 radical (unpaired) electrons. The second-order valence-electron chi connectivity index (χ2n) is 4.55. The molecule has 1 aromatic carbocycles. The number of benzene rings is 1. The Hall–Kier alpha value is -1.99. The molecule has 0 bridgehead atoms. The van der Waals surface area contributed by atoms with Crippen LogP contribution in [0.1, 0.15) is 12.8 Å².